The number of benzene rings is 2. The second kappa shape index (κ2) is 12.3. The van der Waals surface area contributed by atoms with Crippen LogP contribution in [0.4, 0.5) is 5.69 Å². The van der Waals surface area contributed by atoms with Crippen molar-refractivity contribution in [3.05, 3.63) is 60.2 Å². The van der Waals surface area contributed by atoms with Crippen LogP contribution in [0, 0.1) is 0 Å². The number of carboxylic acids is 1. The molecule has 0 spiro atoms. The number of ether oxygens (including phenoxy) is 3. The topological polar surface area (TPSA) is 123 Å². The molecule has 2 aromatic carbocycles. The molecule has 2 aliphatic rings. The number of unbranched alkanes of at least 4 members (excludes halogenated alkanes) is 3. The van der Waals surface area contributed by atoms with Crippen molar-refractivity contribution in [1.82, 2.24) is 4.90 Å². The molecule has 0 bridgehead atoms. The van der Waals surface area contributed by atoms with Crippen LogP contribution in [0.25, 0.3) is 0 Å². The summed E-state index contributed by atoms with van der Waals surface area (Å²) in [6.45, 7) is 2.77. The number of carbonyl (C=O) groups excluding carboxylic acids is 3. The lowest BCUT2D eigenvalue weighted by atomic mass is 10.1. The van der Waals surface area contributed by atoms with Gasteiger partial charge in [-0.2, -0.15) is 0 Å². The van der Waals surface area contributed by atoms with Gasteiger partial charge < -0.3 is 24.2 Å². The van der Waals surface area contributed by atoms with Crippen LogP contribution in [-0.4, -0.2) is 53.1 Å². The van der Waals surface area contributed by atoms with Gasteiger partial charge >= 0.3 is 5.97 Å². The van der Waals surface area contributed by atoms with E-state index in [1.165, 1.54) is 4.90 Å². The molecule has 1 unspecified atom stereocenters. The predicted molar refractivity (Wildman–Crippen MR) is 137 cm³/mol. The fraction of sp³-hybridized carbons (Fsp3) is 0.357. The number of aliphatic carboxylic acids is 1. The summed E-state index contributed by atoms with van der Waals surface area (Å²) in [7, 11) is 0. The summed E-state index contributed by atoms with van der Waals surface area (Å²) >= 11 is 0. The number of hydrogen-bond donors (Lipinski definition) is 1. The second-order valence-corrected chi connectivity index (χ2v) is 9.02. The third-order valence-electron chi connectivity index (χ3n) is 6.30. The Morgan fingerprint density at radius 3 is 2.55 bits per heavy atom. The Kier molecular flexibility index (Phi) is 8.62. The van der Waals surface area contributed by atoms with Crippen molar-refractivity contribution in [3.63, 3.8) is 0 Å². The van der Waals surface area contributed by atoms with E-state index >= 15 is 0 Å². The van der Waals surface area contributed by atoms with Gasteiger partial charge in [-0.15, -0.1) is 0 Å². The molecule has 4 rings (SSSR count). The van der Waals surface area contributed by atoms with E-state index in [9.17, 15) is 19.2 Å². The van der Waals surface area contributed by atoms with Crippen LogP contribution >= 0.6 is 0 Å². The first-order chi connectivity index (χ1) is 18.4. The third kappa shape index (κ3) is 6.31. The number of nitrogens with zero attached hydrogens (tertiary/aromatic N) is 2. The van der Waals surface area contributed by atoms with E-state index in [0.29, 0.717) is 41.2 Å². The highest BCUT2D eigenvalue weighted by molar-refractivity contribution is 6.23. The number of imide groups is 1. The van der Waals surface area contributed by atoms with E-state index in [4.69, 9.17) is 19.3 Å². The van der Waals surface area contributed by atoms with E-state index in [1.807, 2.05) is 0 Å². The van der Waals surface area contributed by atoms with Gasteiger partial charge in [0.15, 0.2) is 11.5 Å². The standard InChI is InChI=1S/C28H30N2O8/c1-2-3-4-5-14-36-21-9-7-20(8-10-21)30-26(32)16-22(28(30)35)29(25(31)12-13-27(33)34)17-19-6-11-23-24(15-19)38-18-37-23/h6-13,15,22H,2-5,14,16-18H2,1H3,(H,33,34). The quantitative estimate of drug-likeness (QED) is 0.255. The molecule has 1 N–H and O–H groups in total. The van der Waals surface area contributed by atoms with E-state index < -0.39 is 29.7 Å². The molecule has 10 heteroatoms. The smallest absolute Gasteiger partial charge is 0.328 e. The van der Waals surface area contributed by atoms with E-state index in [-0.39, 0.29) is 19.8 Å². The van der Waals surface area contributed by atoms with Crippen LogP contribution in [0.15, 0.2) is 54.6 Å². The predicted octanol–water partition coefficient (Wildman–Crippen LogP) is 3.68. The Morgan fingerprint density at radius 1 is 1.05 bits per heavy atom. The van der Waals surface area contributed by atoms with Gasteiger partial charge in [-0.25, -0.2) is 9.69 Å². The van der Waals surface area contributed by atoms with Gasteiger partial charge in [0.05, 0.1) is 18.7 Å². The Morgan fingerprint density at radius 2 is 1.82 bits per heavy atom. The average molecular weight is 523 g/mol. The van der Waals surface area contributed by atoms with E-state index in [1.54, 1.807) is 42.5 Å². The third-order valence-corrected chi connectivity index (χ3v) is 6.30. The molecular formula is C28H30N2O8. The Labute approximate surface area is 220 Å². The van der Waals surface area contributed by atoms with Crippen molar-refractivity contribution in [1.29, 1.82) is 0 Å². The normalized spacial score (nSPS) is 16.3. The fourth-order valence-corrected chi connectivity index (χ4v) is 4.36. The SMILES string of the molecule is CCCCCCOc1ccc(N2C(=O)CC(N(Cc3ccc4c(c3)OCO4)C(=O)C=CC(=O)O)C2=O)cc1. The summed E-state index contributed by atoms with van der Waals surface area (Å²) < 4.78 is 16.5. The lowest BCUT2D eigenvalue weighted by Crippen LogP contribution is -2.44. The van der Waals surface area contributed by atoms with Crippen molar-refractivity contribution in [3.8, 4) is 17.2 Å². The number of carboxylic acid groups (broad SMARTS) is 1. The summed E-state index contributed by atoms with van der Waals surface area (Å²) in [6.07, 6.45) is 5.69. The van der Waals surface area contributed by atoms with Crippen molar-refractivity contribution >= 4 is 29.4 Å². The Balaban J connectivity index is 1.50. The number of anilines is 1. The number of rotatable bonds is 12. The van der Waals surface area contributed by atoms with Gasteiger partial charge in [-0.3, -0.25) is 14.4 Å². The average Bonchev–Trinajstić information content (AvgIpc) is 3.49. The largest absolute Gasteiger partial charge is 0.494 e. The first kappa shape index (κ1) is 26.7. The number of carbonyl (C=O) groups is 4. The number of fused-ring (bicyclic) bond motifs is 1. The maximum atomic E-state index is 13.4. The maximum absolute atomic E-state index is 13.4. The van der Waals surface area contributed by atoms with Crippen LogP contribution in [0.5, 0.6) is 17.2 Å². The zero-order chi connectivity index (χ0) is 27.1. The van der Waals surface area contributed by atoms with Gasteiger partial charge in [0.2, 0.25) is 18.6 Å². The molecule has 2 aromatic rings. The van der Waals surface area contributed by atoms with E-state index in [0.717, 1.165) is 36.7 Å². The van der Waals surface area contributed by atoms with Gasteiger partial charge in [0.25, 0.3) is 5.91 Å². The van der Waals surface area contributed by atoms with Crippen molar-refractivity contribution in [2.75, 3.05) is 18.3 Å². The summed E-state index contributed by atoms with van der Waals surface area (Å²) in [4.78, 5) is 52.6. The first-order valence-electron chi connectivity index (χ1n) is 12.6. The van der Waals surface area contributed by atoms with Crippen molar-refractivity contribution < 1.29 is 38.5 Å². The summed E-state index contributed by atoms with van der Waals surface area (Å²) in [6, 6.07) is 10.7. The van der Waals surface area contributed by atoms with Crippen LogP contribution in [0.3, 0.4) is 0 Å². The summed E-state index contributed by atoms with van der Waals surface area (Å²) in [5.41, 5.74) is 1.00. The number of hydrogen-bond acceptors (Lipinski definition) is 7. The molecular weight excluding hydrogens is 492 g/mol. The fourth-order valence-electron chi connectivity index (χ4n) is 4.36. The molecule has 200 valence electrons. The second-order valence-electron chi connectivity index (χ2n) is 9.02. The van der Waals surface area contributed by atoms with Crippen LogP contribution in [-0.2, 0) is 25.7 Å². The zero-order valence-electron chi connectivity index (χ0n) is 21.1. The van der Waals surface area contributed by atoms with Crippen molar-refractivity contribution in [2.24, 2.45) is 0 Å². The van der Waals surface area contributed by atoms with Gasteiger partial charge in [-0.1, -0.05) is 32.3 Å². The minimum Gasteiger partial charge on any atom is -0.494 e. The molecule has 2 aliphatic heterocycles. The lowest BCUT2D eigenvalue weighted by molar-refractivity contribution is -0.135. The lowest BCUT2D eigenvalue weighted by Gasteiger charge is -2.27. The van der Waals surface area contributed by atoms with E-state index in [2.05, 4.69) is 6.92 Å². The minimum absolute atomic E-state index is 0.0399. The highest BCUT2D eigenvalue weighted by Gasteiger charge is 2.44. The summed E-state index contributed by atoms with van der Waals surface area (Å²) in [5, 5.41) is 8.98. The summed E-state index contributed by atoms with van der Waals surface area (Å²) in [5.74, 6) is -1.34. The molecule has 1 fully saturated rings. The molecule has 2 heterocycles. The molecule has 1 atom stereocenters. The highest BCUT2D eigenvalue weighted by atomic mass is 16.7. The molecule has 0 aliphatic carbocycles. The highest BCUT2D eigenvalue weighted by Crippen LogP contribution is 2.34. The van der Waals surface area contributed by atoms with Crippen LogP contribution < -0.4 is 19.1 Å². The first-order valence-corrected chi connectivity index (χ1v) is 12.6. The molecule has 0 saturated carbocycles. The molecule has 1 saturated heterocycles. The van der Waals surface area contributed by atoms with Gasteiger partial charge in [-0.05, 0) is 48.4 Å². The Bertz CT molecular complexity index is 1220. The molecule has 0 aromatic heterocycles. The Hall–Kier alpha value is -4.34. The molecule has 0 radical (unpaired) electrons. The van der Waals surface area contributed by atoms with Crippen molar-refractivity contribution in [2.45, 2.75) is 51.6 Å². The molecule has 10 nitrogen and oxygen atoms in total. The number of amides is 3. The zero-order valence-corrected chi connectivity index (χ0v) is 21.1. The molecule has 3 amide bonds. The van der Waals surface area contributed by atoms with Crippen LogP contribution in [0.1, 0.15) is 44.6 Å². The van der Waals surface area contributed by atoms with Crippen LogP contribution in [0.2, 0.25) is 0 Å². The maximum Gasteiger partial charge on any atom is 0.328 e. The molecule has 38 heavy (non-hydrogen) atoms. The minimum atomic E-state index is -1.30. The van der Waals surface area contributed by atoms with Gasteiger partial charge in [0, 0.05) is 18.7 Å². The monoisotopic (exact) mass is 522 g/mol. The van der Waals surface area contributed by atoms with Gasteiger partial charge in [0.1, 0.15) is 11.8 Å².